The van der Waals surface area contributed by atoms with Crippen molar-refractivity contribution in [1.82, 2.24) is 10.2 Å². The summed E-state index contributed by atoms with van der Waals surface area (Å²) >= 11 is 0. The summed E-state index contributed by atoms with van der Waals surface area (Å²) in [6, 6.07) is 8.11. The number of hydrogen-bond acceptors (Lipinski definition) is 6. The number of methoxy groups -OCH3 is 1. The Morgan fingerprint density at radius 2 is 1.92 bits per heavy atom. The Kier molecular flexibility index (Phi) is 6.09. The molecule has 0 atom stereocenters. The number of benzene rings is 1. The van der Waals surface area contributed by atoms with Gasteiger partial charge in [-0.15, -0.1) is 5.10 Å². The molecule has 0 radical (unpaired) electrons. The van der Waals surface area contributed by atoms with Crippen LogP contribution in [0.2, 0.25) is 0 Å². The van der Waals surface area contributed by atoms with Crippen molar-refractivity contribution in [3.8, 4) is 17.2 Å². The first-order chi connectivity index (χ1) is 12.8. The highest BCUT2D eigenvalue weighted by Crippen LogP contribution is 2.24. The van der Waals surface area contributed by atoms with Crippen LogP contribution < -0.4 is 9.64 Å². The third-order valence-corrected chi connectivity index (χ3v) is 3.95. The van der Waals surface area contributed by atoms with E-state index in [-0.39, 0.29) is 0 Å². The van der Waals surface area contributed by atoms with Gasteiger partial charge in [-0.1, -0.05) is 17.3 Å². The highest BCUT2D eigenvalue weighted by atomic mass is 16.5. The number of allylic oxidation sites excluding steroid dienone is 2. The van der Waals surface area contributed by atoms with Crippen molar-refractivity contribution in [1.29, 1.82) is 0 Å². The van der Waals surface area contributed by atoms with E-state index in [1.54, 1.807) is 13.4 Å². The lowest BCUT2D eigenvalue weighted by molar-refractivity contribution is 0.365. The average molecular weight is 353 g/mol. The number of aromatic nitrogens is 2. The van der Waals surface area contributed by atoms with Crippen molar-refractivity contribution in [3.05, 3.63) is 60.6 Å². The van der Waals surface area contributed by atoms with Crippen LogP contribution in [0, 0.1) is 0 Å². The normalized spacial score (nSPS) is 18.5. The Balaban J connectivity index is 1.70. The first kappa shape index (κ1) is 17.8. The standard InChI is InChI=1S/C20H23N3O3/c1-3-15-25-18-7-4-5-13-23(14-6-8-18)20-22-21-19(26-20)16-9-11-17(24-2)12-10-16/h3-4,7-12,15H,5-6,13-14H2,1-2H3/b7-4-,15-3+,18-8+. The van der Waals surface area contributed by atoms with Crippen LogP contribution in [-0.4, -0.2) is 30.4 Å². The minimum absolute atomic E-state index is 0.505. The van der Waals surface area contributed by atoms with E-state index in [1.165, 1.54) is 0 Å². The predicted octanol–water partition coefficient (Wildman–Crippen LogP) is 4.34. The Morgan fingerprint density at radius 3 is 2.69 bits per heavy atom. The maximum Gasteiger partial charge on any atom is 0.318 e. The van der Waals surface area contributed by atoms with Gasteiger partial charge in [0.25, 0.3) is 0 Å². The fourth-order valence-electron chi connectivity index (χ4n) is 2.59. The molecule has 0 fully saturated rings. The Morgan fingerprint density at radius 1 is 1.12 bits per heavy atom. The van der Waals surface area contributed by atoms with Crippen LogP contribution >= 0.6 is 0 Å². The second-order valence-electron chi connectivity index (χ2n) is 5.78. The highest BCUT2D eigenvalue weighted by Gasteiger charge is 2.15. The second-order valence-corrected chi connectivity index (χ2v) is 5.78. The molecule has 0 unspecified atom stereocenters. The predicted molar refractivity (Wildman–Crippen MR) is 101 cm³/mol. The van der Waals surface area contributed by atoms with Gasteiger partial charge in [-0.05, 0) is 56.2 Å². The maximum absolute atomic E-state index is 5.89. The molecule has 0 aliphatic carbocycles. The first-order valence-electron chi connectivity index (χ1n) is 8.67. The number of nitrogens with zero attached hydrogens (tertiary/aromatic N) is 3. The van der Waals surface area contributed by atoms with Crippen LogP contribution in [-0.2, 0) is 4.74 Å². The second kappa shape index (κ2) is 8.89. The summed E-state index contributed by atoms with van der Waals surface area (Å²) in [7, 11) is 1.64. The SMILES string of the molecule is C/C=C/OC1=C/CCN(c2nnc(-c3ccc(OC)cc3)o2)CC/C=C\1. The van der Waals surface area contributed by atoms with Crippen LogP contribution in [0.4, 0.5) is 6.01 Å². The summed E-state index contributed by atoms with van der Waals surface area (Å²) < 4.78 is 16.6. The molecule has 0 N–H and O–H groups in total. The smallest absolute Gasteiger partial charge is 0.318 e. The molecule has 1 aliphatic rings. The summed E-state index contributed by atoms with van der Waals surface area (Å²) in [5.74, 6) is 2.16. The number of hydrogen-bond donors (Lipinski definition) is 0. The van der Waals surface area contributed by atoms with E-state index in [4.69, 9.17) is 13.9 Å². The van der Waals surface area contributed by atoms with Crippen molar-refractivity contribution in [2.45, 2.75) is 19.8 Å². The molecule has 0 spiro atoms. The zero-order chi connectivity index (χ0) is 18.2. The Bertz CT molecular complexity index is 791. The summed E-state index contributed by atoms with van der Waals surface area (Å²) in [5.41, 5.74) is 0.871. The van der Waals surface area contributed by atoms with Gasteiger partial charge in [0, 0.05) is 18.7 Å². The highest BCUT2D eigenvalue weighted by molar-refractivity contribution is 5.55. The van der Waals surface area contributed by atoms with E-state index in [0.717, 1.165) is 43.0 Å². The third kappa shape index (κ3) is 4.53. The van der Waals surface area contributed by atoms with E-state index < -0.39 is 0 Å². The molecule has 26 heavy (non-hydrogen) atoms. The zero-order valence-corrected chi connectivity index (χ0v) is 15.1. The number of ether oxygens (including phenoxy) is 2. The molecule has 2 aromatic rings. The van der Waals surface area contributed by atoms with E-state index in [1.807, 2.05) is 43.3 Å². The molecule has 2 heterocycles. The number of anilines is 1. The van der Waals surface area contributed by atoms with E-state index >= 15 is 0 Å². The summed E-state index contributed by atoms with van der Waals surface area (Å²) in [5, 5.41) is 8.40. The van der Waals surface area contributed by atoms with Gasteiger partial charge in [0.15, 0.2) is 0 Å². The van der Waals surface area contributed by atoms with Crippen molar-refractivity contribution >= 4 is 6.01 Å². The van der Waals surface area contributed by atoms with Crippen molar-refractivity contribution in [2.24, 2.45) is 0 Å². The molecule has 0 saturated carbocycles. The van der Waals surface area contributed by atoms with Gasteiger partial charge in [-0.2, -0.15) is 0 Å². The fraction of sp³-hybridized carbons (Fsp3) is 0.300. The summed E-state index contributed by atoms with van der Waals surface area (Å²) in [6.07, 6.45) is 11.4. The summed E-state index contributed by atoms with van der Waals surface area (Å²) in [4.78, 5) is 2.10. The van der Waals surface area contributed by atoms with Gasteiger partial charge in [-0.3, -0.25) is 0 Å². The van der Waals surface area contributed by atoms with Crippen LogP contribution in [0.5, 0.6) is 5.75 Å². The van der Waals surface area contributed by atoms with Crippen molar-refractivity contribution in [2.75, 3.05) is 25.1 Å². The lowest BCUT2D eigenvalue weighted by Crippen LogP contribution is -2.25. The largest absolute Gasteiger partial charge is 0.497 e. The van der Waals surface area contributed by atoms with Gasteiger partial charge in [0.1, 0.15) is 11.5 Å². The first-order valence-corrected chi connectivity index (χ1v) is 8.67. The van der Waals surface area contributed by atoms with Crippen LogP contribution in [0.15, 0.2) is 65.0 Å². The molecule has 3 rings (SSSR count). The topological polar surface area (TPSA) is 60.6 Å². The van der Waals surface area contributed by atoms with Crippen molar-refractivity contribution < 1.29 is 13.9 Å². The Labute approximate surface area is 153 Å². The van der Waals surface area contributed by atoms with Crippen LogP contribution in [0.1, 0.15) is 19.8 Å². The molecule has 1 aliphatic heterocycles. The molecule has 0 amide bonds. The molecule has 136 valence electrons. The third-order valence-electron chi connectivity index (χ3n) is 3.95. The minimum atomic E-state index is 0.505. The van der Waals surface area contributed by atoms with Gasteiger partial charge < -0.3 is 18.8 Å². The average Bonchev–Trinajstić information content (AvgIpc) is 3.19. The van der Waals surface area contributed by atoms with E-state index in [2.05, 4.69) is 27.2 Å². The van der Waals surface area contributed by atoms with Crippen LogP contribution in [0.25, 0.3) is 11.5 Å². The van der Waals surface area contributed by atoms with Crippen molar-refractivity contribution in [3.63, 3.8) is 0 Å². The fourth-order valence-corrected chi connectivity index (χ4v) is 2.59. The lowest BCUT2D eigenvalue weighted by atomic mass is 10.2. The lowest BCUT2D eigenvalue weighted by Gasteiger charge is -2.17. The molecule has 0 saturated heterocycles. The summed E-state index contributed by atoms with van der Waals surface area (Å²) in [6.45, 7) is 3.53. The molecule has 1 aromatic heterocycles. The Hall–Kier alpha value is -3.02. The van der Waals surface area contributed by atoms with Gasteiger partial charge >= 0.3 is 6.01 Å². The molecule has 6 heteroatoms. The van der Waals surface area contributed by atoms with Gasteiger partial charge in [0.05, 0.1) is 13.4 Å². The molecule has 1 aromatic carbocycles. The molecular weight excluding hydrogens is 330 g/mol. The van der Waals surface area contributed by atoms with Gasteiger partial charge in [-0.25, -0.2) is 0 Å². The quantitative estimate of drug-likeness (QED) is 0.746. The number of rotatable bonds is 5. The molecular formula is C20H23N3O3. The minimum Gasteiger partial charge on any atom is -0.497 e. The monoisotopic (exact) mass is 353 g/mol. The maximum atomic E-state index is 5.89. The van der Waals surface area contributed by atoms with E-state index in [0.29, 0.717) is 11.9 Å². The molecule has 0 bridgehead atoms. The van der Waals surface area contributed by atoms with Crippen LogP contribution in [0.3, 0.4) is 0 Å². The van der Waals surface area contributed by atoms with E-state index in [9.17, 15) is 0 Å². The zero-order valence-electron chi connectivity index (χ0n) is 15.1. The molecule has 6 nitrogen and oxygen atoms in total. The van der Waals surface area contributed by atoms with Gasteiger partial charge in [0.2, 0.25) is 5.89 Å².